The van der Waals surface area contributed by atoms with E-state index in [0.717, 1.165) is 59.1 Å². The van der Waals surface area contributed by atoms with E-state index in [-0.39, 0.29) is 47.3 Å². The maximum absolute atomic E-state index is 13.6. The van der Waals surface area contributed by atoms with Crippen LogP contribution in [0.4, 0.5) is 0 Å². The highest BCUT2D eigenvalue weighted by Gasteiger charge is 2.64. The first-order valence-electron chi connectivity index (χ1n) is 22.3. The van der Waals surface area contributed by atoms with Crippen molar-refractivity contribution in [2.75, 3.05) is 26.3 Å². The quantitative estimate of drug-likeness (QED) is 0.143. The summed E-state index contributed by atoms with van der Waals surface area (Å²) in [7, 11) is 0. The van der Waals surface area contributed by atoms with Crippen molar-refractivity contribution in [3.63, 3.8) is 0 Å². The number of carbonyl (C=O) groups is 2. The van der Waals surface area contributed by atoms with Crippen molar-refractivity contribution in [3.05, 3.63) is 91.7 Å². The van der Waals surface area contributed by atoms with Gasteiger partial charge in [0, 0.05) is 65.3 Å². The first-order chi connectivity index (χ1) is 30.8. The highest BCUT2D eigenvalue weighted by molar-refractivity contribution is 7.15. The van der Waals surface area contributed by atoms with Crippen LogP contribution in [-0.2, 0) is 19.1 Å². The number of benzene rings is 1. The molecule has 2 aliphatic carbocycles. The summed E-state index contributed by atoms with van der Waals surface area (Å²) in [4.78, 5) is 39.0. The molecule has 5 aliphatic rings. The number of aryl methyl sites for hydroxylation is 2. The van der Waals surface area contributed by atoms with E-state index in [9.17, 15) is 20.0 Å². The predicted molar refractivity (Wildman–Crippen MR) is 250 cm³/mol. The van der Waals surface area contributed by atoms with Crippen LogP contribution in [0.1, 0.15) is 106 Å². The van der Waals surface area contributed by atoms with E-state index in [0.29, 0.717) is 53.2 Å². The molecule has 8 rings (SSSR count). The number of thiophene rings is 1. The lowest BCUT2D eigenvalue weighted by Gasteiger charge is -2.63. The number of rotatable bonds is 13. The molecule has 0 radical (unpaired) electrons. The average molecular weight is 925 g/mol. The third kappa shape index (κ3) is 8.76. The number of halogens is 1. The Labute approximate surface area is 389 Å². The molecule has 3 aliphatic heterocycles. The largest absolute Gasteiger partial charge is 0.496 e. The highest BCUT2D eigenvalue weighted by atomic mass is 35.5. The van der Waals surface area contributed by atoms with Crippen LogP contribution in [0.15, 0.2) is 63.4 Å². The van der Waals surface area contributed by atoms with E-state index in [1.807, 2.05) is 24.5 Å². The third-order valence-corrected chi connectivity index (χ3v) is 15.3. The van der Waals surface area contributed by atoms with Gasteiger partial charge in [-0.1, -0.05) is 52.3 Å². The SMILES string of the molecule is Cc1sc2c(c1C)C(C1=CC=C(OCCOC3CCN(C4(C)N=CC(C(=O)NC5C(C)(C)C(Oc6ccc(C#N)c(Cl)c6)C5(C)C)=CN4)CC3)CC1C)=N[C@@H](CC(=O)O)c1nnc(C)n1-2. The Morgan fingerprint density at radius 1 is 1.08 bits per heavy atom. The van der Waals surface area contributed by atoms with Gasteiger partial charge in [-0.3, -0.25) is 24.0 Å². The third-order valence-electron chi connectivity index (χ3n) is 13.8. The summed E-state index contributed by atoms with van der Waals surface area (Å²) in [6.07, 6.45) is 9.55. The predicted octanol–water partition coefficient (Wildman–Crippen LogP) is 7.68. The first-order valence-corrected chi connectivity index (χ1v) is 23.4. The fourth-order valence-electron chi connectivity index (χ4n) is 10.4. The number of ether oxygens (including phenoxy) is 3. The van der Waals surface area contributed by atoms with Gasteiger partial charge in [-0.15, -0.1) is 21.5 Å². The number of nitrogens with zero attached hydrogens (tertiary/aromatic N) is 7. The fraction of sp³-hybridized carbons (Fsp3) is 0.521. The zero-order valence-electron chi connectivity index (χ0n) is 38.5. The molecule has 344 valence electrons. The van der Waals surface area contributed by atoms with Crippen LogP contribution in [0.25, 0.3) is 5.00 Å². The Morgan fingerprint density at radius 2 is 1.82 bits per heavy atom. The van der Waals surface area contributed by atoms with E-state index in [1.54, 1.807) is 42.0 Å². The maximum Gasteiger partial charge on any atom is 0.306 e. The standard InChI is InChI=1S/C48H58ClN9O6S/c1-26-20-33(12-13-35(26)40-39-27(2)28(3)65-43(39)58-29(4)55-56-41(58)37(53-40)22-38(59)60)63-19-18-62-32-14-16-57(17-15-32)48(9)51-24-31(25-52-48)42(61)54-44-46(5,6)45(47(44,7)8)64-34-11-10-30(23-50)36(49)21-34/h10-13,21,24-26,32,37,44-45,51H,14-20,22H2,1-9H3,(H,54,61)(H,59,60)/t26?,37-,44?,45?,48?/m0/s1. The number of aliphatic carboxylic acids is 1. The molecule has 1 saturated carbocycles. The van der Waals surface area contributed by atoms with Crippen LogP contribution in [0.5, 0.6) is 5.75 Å². The number of carboxylic acids is 1. The highest BCUT2D eigenvalue weighted by Crippen LogP contribution is 2.55. The lowest BCUT2D eigenvalue weighted by Crippen LogP contribution is -2.74. The Balaban J connectivity index is 0.809. The summed E-state index contributed by atoms with van der Waals surface area (Å²) in [5.41, 5.74) is 4.06. The summed E-state index contributed by atoms with van der Waals surface area (Å²) < 4.78 is 20.9. The monoisotopic (exact) mass is 923 g/mol. The van der Waals surface area contributed by atoms with Gasteiger partial charge in [0.05, 0.1) is 46.8 Å². The Kier molecular flexibility index (Phi) is 12.7. The molecule has 65 heavy (non-hydrogen) atoms. The molecule has 15 nitrogen and oxygen atoms in total. The van der Waals surface area contributed by atoms with Gasteiger partial charge in [-0.2, -0.15) is 5.26 Å². The van der Waals surface area contributed by atoms with Crippen LogP contribution in [-0.4, -0.2) is 98.9 Å². The van der Waals surface area contributed by atoms with Crippen LogP contribution < -0.4 is 15.4 Å². The lowest BCUT2D eigenvalue weighted by molar-refractivity contribution is -0.172. The molecular weight excluding hydrogens is 866 g/mol. The summed E-state index contributed by atoms with van der Waals surface area (Å²) >= 11 is 7.92. The van der Waals surface area contributed by atoms with E-state index in [2.05, 4.69) is 86.3 Å². The number of hydrogen-bond acceptors (Lipinski definition) is 13. The average Bonchev–Trinajstić information content (AvgIpc) is 3.75. The second kappa shape index (κ2) is 17.8. The van der Waals surface area contributed by atoms with Gasteiger partial charge in [0.2, 0.25) is 0 Å². The smallest absolute Gasteiger partial charge is 0.306 e. The Hall–Kier alpha value is -5.34. The molecule has 3 N–H and O–H groups in total. The van der Waals surface area contributed by atoms with Gasteiger partial charge < -0.3 is 30.0 Å². The normalized spacial score (nSPS) is 25.8. The number of amides is 1. The Bertz CT molecular complexity index is 2580. The molecule has 3 aromatic rings. The van der Waals surface area contributed by atoms with Crippen LogP contribution in [0, 0.1) is 48.9 Å². The van der Waals surface area contributed by atoms with Gasteiger partial charge in [0.25, 0.3) is 5.91 Å². The zero-order valence-corrected chi connectivity index (χ0v) is 40.1. The van der Waals surface area contributed by atoms with Crippen molar-refractivity contribution in [3.8, 4) is 16.8 Å². The molecule has 17 heteroatoms. The number of aromatic nitrogens is 3. The number of piperidine rings is 1. The minimum absolute atomic E-state index is 0.0806. The molecular formula is C48H58ClN9O6S. The van der Waals surface area contributed by atoms with Gasteiger partial charge in [-0.25, -0.2) is 4.99 Å². The minimum atomic E-state index is -0.939. The van der Waals surface area contributed by atoms with E-state index < -0.39 is 17.8 Å². The molecule has 1 saturated heterocycles. The fourth-order valence-corrected chi connectivity index (χ4v) is 11.8. The molecule has 2 unspecified atom stereocenters. The van der Waals surface area contributed by atoms with Crippen LogP contribution in [0.3, 0.4) is 0 Å². The second-order valence-corrected chi connectivity index (χ2v) is 20.7. The zero-order chi connectivity index (χ0) is 46.6. The van der Waals surface area contributed by atoms with E-state index >= 15 is 0 Å². The van der Waals surface area contributed by atoms with Crippen molar-refractivity contribution in [2.45, 2.75) is 118 Å². The molecule has 0 spiro atoms. The maximum atomic E-state index is 13.6. The topological polar surface area (TPSA) is 189 Å². The molecule has 3 atom stereocenters. The van der Waals surface area contributed by atoms with E-state index in [4.69, 9.17) is 35.8 Å². The number of carboxylic acid groups (broad SMARTS) is 1. The minimum Gasteiger partial charge on any atom is -0.496 e. The number of hydrogen-bond donors (Lipinski definition) is 3. The van der Waals surface area contributed by atoms with Gasteiger partial charge in [-0.05, 0) is 75.8 Å². The molecule has 1 aromatic carbocycles. The summed E-state index contributed by atoms with van der Waals surface area (Å²) in [5, 5.41) is 35.7. The molecule has 1 amide bonds. The molecule has 0 bridgehead atoms. The number of fused-ring (bicyclic) bond motifs is 3. The van der Waals surface area contributed by atoms with Crippen molar-refractivity contribution < 1.29 is 28.9 Å². The van der Waals surface area contributed by atoms with Crippen molar-refractivity contribution in [1.29, 1.82) is 5.26 Å². The van der Waals surface area contributed by atoms with Gasteiger partial charge in [0.1, 0.15) is 41.4 Å². The van der Waals surface area contributed by atoms with Gasteiger partial charge >= 0.3 is 5.97 Å². The number of nitriles is 1. The lowest BCUT2D eigenvalue weighted by atomic mass is 9.49. The summed E-state index contributed by atoms with van der Waals surface area (Å²) in [5.74, 6) is 0.961. The van der Waals surface area contributed by atoms with Crippen molar-refractivity contribution in [2.24, 2.45) is 26.7 Å². The number of nitrogens with one attached hydrogen (secondary N) is 2. The van der Waals surface area contributed by atoms with E-state index in [1.165, 1.54) is 4.88 Å². The van der Waals surface area contributed by atoms with Crippen LogP contribution in [0.2, 0.25) is 5.02 Å². The summed E-state index contributed by atoms with van der Waals surface area (Å²) in [6.45, 7) is 21.0. The van der Waals surface area contributed by atoms with Crippen molar-refractivity contribution >= 4 is 46.7 Å². The molecule has 5 heterocycles. The summed E-state index contributed by atoms with van der Waals surface area (Å²) in [6, 6.07) is 6.30. The number of likely N-dealkylation sites (tertiary alicyclic amines) is 1. The number of carbonyl (C=O) groups excluding carboxylic acids is 1. The number of allylic oxidation sites excluding steroid dienone is 4. The second-order valence-electron chi connectivity index (χ2n) is 19.1. The van der Waals surface area contributed by atoms with Crippen LogP contribution >= 0.6 is 22.9 Å². The Morgan fingerprint density at radius 3 is 2.46 bits per heavy atom. The first kappa shape index (κ1) is 46.2. The van der Waals surface area contributed by atoms with Gasteiger partial charge in [0.15, 0.2) is 11.6 Å². The molecule has 2 aromatic heterocycles. The number of aliphatic imine (C=N–C) groups is 2. The molecule has 2 fully saturated rings. The van der Waals surface area contributed by atoms with Crippen molar-refractivity contribution in [1.82, 2.24) is 30.3 Å².